The number of benzene rings is 1. The van der Waals surface area contributed by atoms with E-state index in [-0.39, 0.29) is 5.91 Å². The Balaban J connectivity index is 2.33. The van der Waals surface area contributed by atoms with Crippen molar-refractivity contribution < 1.29 is 9.21 Å². The molecular weight excluding hydrogens is 216 g/mol. The van der Waals surface area contributed by atoms with E-state index >= 15 is 0 Å². The van der Waals surface area contributed by atoms with Gasteiger partial charge in [0.2, 0.25) is 0 Å². The summed E-state index contributed by atoms with van der Waals surface area (Å²) >= 11 is 0. The Labute approximate surface area is 99.6 Å². The van der Waals surface area contributed by atoms with Gasteiger partial charge >= 0.3 is 0 Å². The molecule has 2 aromatic rings. The van der Waals surface area contributed by atoms with Crippen molar-refractivity contribution in [3.63, 3.8) is 0 Å². The molecule has 0 saturated heterocycles. The Kier molecular flexibility index (Phi) is 2.87. The number of hydrogen-bond donors (Lipinski definition) is 1. The van der Waals surface area contributed by atoms with Crippen molar-refractivity contribution in [3.8, 4) is 0 Å². The summed E-state index contributed by atoms with van der Waals surface area (Å²) in [4.78, 5) is 13.6. The number of nitrogens with zero attached hydrogens (tertiary/aromatic N) is 1. The summed E-state index contributed by atoms with van der Waals surface area (Å²) in [6, 6.07) is 8.98. The summed E-state index contributed by atoms with van der Waals surface area (Å²) in [6.07, 6.45) is 1.50. The van der Waals surface area contributed by atoms with Crippen LogP contribution in [0.15, 0.2) is 41.0 Å². The maximum absolute atomic E-state index is 12.2. The zero-order chi connectivity index (χ0) is 12.4. The van der Waals surface area contributed by atoms with Crippen LogP contribution in [0.1, 0.15) is 16.1 Å². The number of furan rings is 1. The lowest BCUT2D eigenvalue weighted by Crippen LogP contribution is -2.27. The molecule has 1 heterocycles. The third kappa shape index (κ3) is 2.01. The molecule has 0 spiro atoms. The molecule has 88 valence electrons. The number of carbonyl (C=O) groups excluding carboxylic acids is 1. The van der Waals surface area contributed by atoms with Gasteiger partial charge in [0.1, 0.15) is 0 Å². The highest BCUT2D eigenvalue weighted by molar-refractivity contribution is 6.06. The predicted octanol–water partition coefficient (Wildman–Crippen LogP) is 2.45. The number of carbonyl (C=O) groups is 1. The largest absolute Gasteiger partial charge is 0.459 e. The number of amides is 1. The van der Waals surface area contributed by atoms with Crippen LogP contribution in [0.25, 0.3) is 0 Å². The maximum Gasteiger partial charge on any atom is 0.294 e. The van der Waals surface area contributed by atoms with E-state index in [1.165, 1.54) is 11.2 Å². The molecule has 2 N–H and O–H groups in total. The van der Waals surface area contributed by atoms with Crippen LogP contribution in [0, 0.1) is 6.92 Å². The first-order chi connectivity index (χ1) is 8.11. The molecule has 1 aromatic carbocycles. The Bertz CT molecular complexity index is 546. The van der Waals surface area contributed by atoms with Crippen molar-refractivity contribution in [1.82, 2.24) is 0 Å². The normalized spacial score (nSPS) is 10.2. The van der Waals surface area contributed by atoms with Gasteiger partial charge in [0.15, 0.2) is 5.76 Å². The van der Waals surface area contributed by atoms with Crippen LogP contribution in [0.4, 0.5) is 11.4 Å². The van der Waals surface area contributed by atoms with E-state index in [4.69, 9.17) is 10.2 Å². The molecule has 17 heavy (non-hydrogen) atoms. The van der Waals surface area contributed by atoms with Gasteiger partial charge < -0.3 is 15.1 Å². The van der Waals surface area contributed by atoms with E-state index in [2.05, 4.69) is 0 Å². The van der Waals surface area contributed by atoms with Gasteiger partial charge in [-0.25, -0.2) is 0 Å². The molecule has 0 atom stereocenters. The van der Waals surface area contributed by atoms with E-state index in [0.717, 1.165) is 5.56 Å². The molecule has 0 bridgehead atoms. The highest BCUT2D eigenvalue weighted by atomic mass is 16.3. The van der Waals surface area contributed by atoms with Crippen molar-refractivity contribution in [2.45, 2.75) is 6.92 Å². The number of para-hydroxylation sites is 2. The van der Waals surface area contributed by atoms with E-state index in [1.54, 1.807) is 25.2 Å². The molecule has 1 amide bonds. The fourth-order valence-corrected chi connectivity index (χ4v) is 1.65. The summed E-state index contributed by atoms with van der Waals surface area (Å²) in [5, 5.41) is 0. The minimum absolute atomic E-state index is 0.203. The van der Waals surface area contributed by atoms with Crippen molar-refractivity contribution >= 4 is 17.3 Å². The monoisotopic (exact) mass is 230 g/mol. The maximum atomic E-state index is 12.2. The molecular formula is C13H14N2O2. The second-order valence-corrected chi connectivity index (χ2v) is 3.86. The molecule has 0 aliphatic heterocycles. The van der Waals surface area contributed by atoms with Crippen LogP contribution in [0.2, 0.25) is 0 Å². The van der Waals surface area contributed by atoms with E-state index in [0.29, 0.717) is 17.1 Å². The first-order valence-corrected chi connectivity index (χ1v) is 5.28. The van der Waals surface area contributed by atoms with Crippen LogP contribution in [-0.2, 0) is 0 Å². The molecule has 4 nitrogen and oxygen atoms in total. The van der Waals surface area contributed by atoms with Crippen molar-refractivity contribution in [2.24, 2.45) is 0 Å². The third-order valence-electron chi connectivity index (χ3n) is 2.66. The molecule has 1 aromatic heterocycles. The average Bonchev–Trinajstić information content (AvgIpc) is 2.74. The van der Waals surface area contributed by atoms with E-state index < -0.39 is 0 Å². The van der Waals surface area contributed by atoms with Gasteiger partial charge in [0.05, 0.1) is 17.6 Å². The number of hydrogen-bond acceptors (Lipinski definition) is 3. The fraction of sp³-hybridized carbons (Fsp3) is 0.154. The van der Waals surface area contributed by atoms with Gasteiger partial charge in [-0.1, -0.05) is 12.1 Å². The van der Waals surface area contributed by atoms with Gasteiger partial charge in [0.25, 0.3) is 5.91 Å². The predicted molar refractivity (Wildman–Crippen MR) is 67.0 cm³/mol. The Morgan fingerprint density at radius 3 is 2.59 bits per heavy atom. The second kappa shape index (κ2) is 4.33. The highest BCUT2D eigenvalue weighted by Gasteiger charge is 2.19. The third-order valence-corrected chi connectivity index (χ3v) is 2.66. The number of aryl methyl sites for hydroxylation is 1. The lowest BCUT2D eigenvalue weighted by atomic mass is 10.2. The van der Waals surface area contributed by atoms with Gasteiger partial charge in [-0.15, -0.1) is 0 Å². The van der Waals surface area contributed by atoms with Gasteiger partial charge in [-0.3, -0.25) is 4.79 Å². The minimum atomic E-state index is -0.203. The van der Waals surface area contributed by atoms with Crippen molar-refractivity contribution in [3.05, 3.63) is 47.9 Å². The summed E-state index contributed by atoms with van der Waals surface area (Å²) in [7, 11) is 1.68. The number of nitrogens with two attached hydrogens (primary N) is 1. The summed E-state index contributed by atoms with van der Waals surface area (Å²) < 4.78 is 5.18. The first kappa shape index (κ1) is 11.3. The quantitative estimate of drug-likeness (QED) is 0.806. The minimum Gasteiger partial charge on any atom is -0.459 e. The molecule has 0 fully saturated rings. The zero-order valence-electron chi connectivity index (χ0n) is 9.81. The average molecular weight is 230 g/mol. The molecule has 0 radical (unpaired) electrons. The Morgan fingerprint density at radius 2 is 2.00 bits per heavy atom. The zero-order valence-corrected chi connectivity index (χ0v) is 9.81. The second-order valence-electron chi connectivity index (χ2n) is 3.86. The highest BCUT2D eigenvalue weighted by Crippen LogP contribution is 2.23. The van der Waals surface area contributed by atoms with Crippen LogP contribution in [0.3, 0.4) is 0 Å². The molecule has 2 rings (SSSR count). The van der Waals surface area contributed by atoms with E-state index in [1.807, 2.05) is 19.1 Å². The lowest BCUT2D eigenvalue weighted by Gasteiger charge is -2.18. The Morgan fingerprint density at radius 1 is 1.29 bits per heavy atom. The molecule has 0 aliphatic carbocycles. The first-order valence-electron chi connectivity index (χ1n) is 5.28. The van der Waals surface area contributed by atoms with Crippen LogP contribution in [0.5, 0.6) is 0 Å². The van der Waals surface area contributed by atoms with Gasteiger partial charge in [-0.2, -0.15) is 0 Å². The standard InChI is InChI=1S/C13H14N2O2/c1-9-7-8-17-12(9)13(16)15(2)11-6-4-3-5-10(11)14/h3-8H,14H2,1-2H3. The summed E-state index contributed by atoms with van der Waals surface area (Å²) in [5.41, 5.74) is 7.88. The van der Waals surface area contributed by atoms with Gasteiger partial charge in [0, 0.05) is 12.6 Å². The number of nitrogen functional groups attached to an aromatic ring is 1. The summed E-state index contributed by atoms with van der Waals surface area (Å²) in [5.74, 6) is 0.140. The van der Waals surface area contributed by atoms with Crippen molar-refractivity contribution in [2.75, 3.05) is 17.7 Å². The van der Waals surface area contributed by atoms with Crippen LogP contribution < -0.4 is 10.6 Å². The van der Waals surface area contributed by atoms with Crippen molar-refractivity contribution in [1.29, 1.82) is 0 Å². The SMILES string of the molecule is Cc1ccoc1C(=O)N(C)c1ccccc1N. The number of anilines is 2. The topological polar surface area (TPSA) is 59.5 Å². The van der Waals surface area contributed by atoms with Crippen LogP contribution >= 0.6 is 0 Å². The van der Waals surface area contributed by atoms with Gasteiger partial charge in [-0.05, 0) is 25.1 Å². The molecule has 4 heteroatoms. The lowest BCUT2D eigenvalue weighted by molar-refractivity contribution is 0.0966. The molecule has 0 unspecified atom stereocenters. The molecule has 0 saturated carbocycles. The van der Waals surface area contributed by atoms with Crippen LogP contribution in [-0.4, -0.2) is 13.0 Å². The summed E-state index contributed by atoms with van der Waals surface area (Å²) in [6.45, 7) is 1.83. The van der Waals surface area contributed by atoms with E-state index in [9.17, 15) is 4.79 Å². The molecule has 0 aliphatic rings. The fourth-order valence-electron chi connectivity index (χ4n) is 1.65. The Hall–Kier alpha value is -2.23. The number of rotatable bonds is 2. The smallest absolute Gasteiger partial charge is 0.294 e.